The minimum absolute atomic E-state index is 0.0191. The number of H-pyrrole nitrogens is 1. The van der Waals surface area contributed by atoms with Crippen molar-refractivity contribution < 1.29 is 32.2 Å². The van der Waals surface area contributed by atoms with E-state index in [0.717, 1.165) is 32.4 Å². The number of hydrogen-bond acceptors (Lipinski definition) is 5. The SMILES string of the molecule is COC(=O)c1n[nH]c(C(=O)OC)c1-c1cccc(C(F)(F)F)c1. The summed E-state index contributed by atoms with van der Waals surface area (Å²) in [6, 6.07) is 4.16. The van der Waals surface area contributed by atoms with Crippen molar-refractivity contribution in [3.05, 3.63) is 41.2 Å². The molecule has 0 spiro atoms. The first-order chi connectivity index (χ1) is 10.8. The molecule has 1 N–H and O–H groups in total. The van der Waals surface area contributed by atoms with Crippen LogP contribution in [0.5, 0.6) is 0 Å². The third kappa shape index (κ3) is 3.17. The maximum atomic E-state index is 12.9. The quantitative estimate of drug-likeness (QED) is 0.876. The van der Waals surface area contributed by atoms with Crippen molar-refractivity contribution in [3.8, 4) is 11.1 Å². The fourth-order valence-electron chi connectivity index (χ4n) is 1.97. The predicted octanol–water partition coefficient (Wildman–Crippen LogP) is 2.67. The zero-order valence-corrected chi connectivity index (χ0v) is 12.0. The summed E-state index contributed by atoms with van der Waals surface area (Å²) in [7, 11) is 2.18. The second-order valence-corrected chi connectivity index (χ2v) is 4.38. The van der Waals surface area contributed by atoms with Gasteiger partial charge in [-0.2, -0.15) is 18.3 Å². The lowest BCUT2D eigenvalue weighted by Gasteiger charge is -2.09. The molecule has 1 aromatic carbocycles. The minimum Gasteiger partial charge on any atom is -0.464 e. The van der Waals surface area contributed by atoms with E-state index in [-0.39, 0.29) is 22.5 Å². The van der Waals surface area contributed by atoms with E-state index in [4.69, 9.17) is 0 Å². The first kappa shape index (κ1) is 16.5. The Morgan fingerprint density at radius 2 is 1.78 bits per heavy atom. The van der Waals surface area contributed by atoms with E-state index < -0.39 is 23.7 Å². The van der Waals surface area contributed by atoms with Crippen LogP contribution in [-0.4, -0.2) is 36.4 Å². The number of nitrogens with one attached hydrogen (secondary N) is 1. The number of halogens is 3. The third-order valence-corrected chi connectivity index (χ3v) is 3.01. The number of aromatic nitrogens is 2. The molecule has 2 aromatic rings. The highest BCUT2D eigenvalue weighted by Gasteiger charge is 2.32. The van der Waals surface area contributed by atoms with Crippen molar-refractivity contribution in [2.45, 2.75) is 6.18 Å². The second-order valence-electron chi connectivity index (χ2n) is 4.38. The number of methoxy groups -OCH3 is 2. The number of carbonyl (C=O) groups excluding carboxylic acids is 2. The van der Waals surface area contributed by atoms with Gasteiger partial charge in [0.2, 0.25) is 0 Å². The lowest BCUT2D eigenvalue weighted by atomic mass is 10.0. The number of nitrogens with zero attached hydrogens (tertiary/aromatic N) is 1. The van der Waals surface area contributed by atoms with Crippen LogP contribution in [0.3, 0.4) is 0 Å². The van der Waals surface area contributed by atoms with Gasteiger partial charge >= 0.3 is 18.1 Å². The van der Waals surface area contributed by atoms with Gasteiger partial charge in [0.1, 0.15) is 0 Å². The van der Waals surface area contributed by atoms with E-state index in [1.165, 1.54) is 6.07 Å². The molecule has 1 heterocycles. The average molecular weight is 328 g/mol. The Hall–Kier alpha value is -2.84. The Morgan fingerprint density at radius 3 is 2.35 bits per heavy atom. The molecule has 0 aliphatic carbocycles. The van der Waals surface area contributed by atoms with E-state index in [0.29, 0.717) is 0 Å². The van der Waals surface area contributed by atoms with Crippen molar-refractivity contribution >= 4 is 11.9 Å². The van der Waals surface area contributed by atoms with Crippen LogP contribution < -0.4 is 0 Å². The molecule has 0 amide bonds. The van der Waals surface area contributed by atoms with E-state index in [1.807, 2.05) is 0 Å². The number of benzene rings is 1. The van der Waals surface area contributed by atoms with Crippen LogP contribution in [0.4, 0.5) is 13.2 Å². The topological polar surface area (TPSA) is 81.3 Å². The fraction of sp³-hybridized carbons (Fsp3) is 0.214. The number of aromatic amines is 1. The maximum absolute atomic E-state index is 12.9. The average Bonchev–Trinajstić information content (AvgIpc) is 2.97. The molecule has 2 rings (SSSR count). The first-order valence-corrected chi connectivity index (χ1v) is 6.22. The van der Waals surface area contributed by atoms with Gasteiger partial charge in [-0.15, -0.1) is 0 Å². The van der Waals surface area contributed by atoms with E-state index in [9.17, 15) is 22.8 Å². The summed E-state index contributed by atoms with van der Waals surface area (Å²) in [5.41, 5.74) is -1.62. The summed E-state index contributed by atoms with van der Waals surface area (Å²) in [4.78, 5) is 23.5. The zero-order chi connectivity index (χ0) is 17.2. The van der Waals surface area contributed by atoms with Crippen LogP contribution in [0, 0.1) is 0 Å². The second kappa shape index (κ2) is 6.11. The van der Waals surface area contributed by atoms with Crippen molar-refractivity contribution in [1.82, 2.24) is 10.2 Å². The Morgan fingerprint density at radius 1 is 1.13 bits per heavy atom. The van der Waals surface area contributed by atoms with Gasteiger partial charge in [0.15, 0.2) is 11.4 Å². The van der Waals surface area contributed by atoms with Crippen molar-refractivity contribution in [2.75, 3.05) is 14.2 Å². The van der Waals surface area contributed by atoms with Crippen molar-refractivity contribution in [1.29, 1.82) is 0 Å². The number of alkyl halides is 3. The molecule has 9 heteroatoms. The van der Waals surface area contributed by atoms with Crippen LogP contribution in [0.1, 0.15) is 26.5 Å². The molecule has 1 aromatic heterocycles. The molecular weight excluding hydrogens is 317 g/mol. The van der Waals surface area contributed by atoms with Crippen molar-refractivity contribution in [2.24, 2.45) is 0 Å². The highest BCUT2D eigenvalue weighted by atomic mass is 19.4. The molecule has 0 atom stereocenters. The Balaban J connectivity index is 2.68. The molecule has 0 unspecified atom stereocenters. The van der Waals surface area contributed by atoms with E-state index >= 15 is 0 Å². The van der Waals surface area contributed by atoms with E-state index in [1.54, 1.807) is 0 Å². The zero-order valence-electron chi connectivity index (χ0n) is 12.0. The number of rotatable bonds is 3. The van der Waals surface area contributed by atoms with Gasteiger partial charge in [0.05, 0.1) is 19.8 Å². The van der Waals surface area contributed by atoms with Gasteiger partial charge in [-0.25, -0.2) is 9.59 Å². The van der Waals surface area contributed by atoms with Gasteiger partial charge in [-0.3, -0.25) is 5.10 Å². The van der Waals surface area contributed by atoms with Gasteiger partial charge in [-0.05, 0) is 17.7 Å². The summed E-state index contributed by atoms with van der Waals surface area (Å²) in [5.74, 6) is -1.77. The summed E-state index contributed by atoms with van der Waals surface area (Å²) in [5, 5.41) is 5.93. The van der Waals surface area contributed by atoms with E-state index in [2.05, 4.69) is 19.7 Å². The fourth-order valence-corrected chi connectivity index (χ4v) is 1.97. The lowest BCUT2D eigenvalue weighted by Crippen LogP contribution is -2.08. The largest absolute Gasteiger partial charge is 0.464 e. The molecule has 23 heavy (non-hydrogen) atoms. The molecule has 0 aliphatic heterocycles. The smallest absolute Gasteiger partial charge is 0.416 e. The number of esters is 2. The molecule has 0 saturated heterocycles. The van der Waals surface area contributed by atoms with Crippen LogP contribution in [0.15, 0.2) is 24.3 Å². The molecule has 0 fully saturated rings. The lowest BCUT2D eigenvalue weighted by molar-refractivity contribution is -0.137. The highest BCUT2D eigenvalue weighted by molar-refractivity contribution is 6.03. The van der Waals surface area contributed by atoms with Crippen molar-refractivity contribution in [3.63, 3.8) is 0 Å². The standard InChI is InChI=1S/C14H11F3N2O4/c1-22-12(20)10-9(11(19-18-10)13(21)23-2)7-4-3-5-8(6-7)14(15,16)17/h3-6H,1-2H3,(H,18,19). The molecule has 0 aliphatic rings. The molecule has 6 nitrogen and oxygen atoms in total. The number of ether oxygens (including phenoxy) is 2. The summed E-state index contributed by atoms with van der Waals surface area (Å²) < 4.78 is 47.6. The summed E-state index contributed by atoms with van der Waals surface area (Å²) >= 11 is 0. The van der Waals surface area contributed by atoms with Gasteiger partial charge in [0.25, 0.3) is 0 Å². The van der Waals surface area contributed by atoms with Crippen LogP contribution in [0.2, 0.25) is 0 Å². The molecule has 122 valence electrons. The Bertz CT molecular complexity index is 719. The first-order valence-electron chi connectivity index (χ1n) is 6.22. The van der Waals surface area contributed by atoms with Gasteiger partial charge in [0, 0.05) is 5.56 Å². The summed E-state index contributed by atoms with van der Waals surface area (Å²) in [6.07, 6.45) is -4.57. The van der Waals surface area contributed by atoms with Crippen LogP contribution in [0.25, 0.3) is 11.1 Å². The van der Waals surface area contributed by atoms with Gasteiger partial charge < -0.3 is 9.47 Å². The Labute approximate surface area is 128 Å². The molecular formula is C14H11F3N2O4. The molecule has 0 bridgehead atoms. The number of carbonyl (C=O) groups is 2. The molecule has 0 saturated carbocycles. The summed E-state index contributed by atoms with van der Waals surface area (Å²) in [6.45, 7) is 0. The Kier molecular flexibility index (Phi) is 4.39. The molecule has 0 radical (unpaired) electrons. The monoisotopic (exact) mass is 328 g/mol. The number of hydrogen-bond donors (Lipinski definition) is 1. The predicted molar refractivity (Wildman–Crippen MR) is 71.7 cm³/mol. The van der Waals surface area contributed by atoms with Gasteiger partial charge in [-0.1, -0.05) is 12.1 Å². The van der Waals surface area contributed by atoms with Crippen LogP contribution in [-0.2, 0) is 15.7 Å². The van der Waals surface area contributed by atoms with Crippen LogP contribution >= 0.6 is 0 Å². The maximum Gasteiger partial charge on any atom is 0.416 e. The normalized spacial score (nSPS) is 11.2. The highest BCUT2D eigenvalue weighted by Crippen LogP contribution is 2.34. The minimum atomic E-state index is -4.57. The third-order valence-electron chi connectivity index (χ3n) is 3.01.